The number of carbonyl (C=O) groups is 1. The molecule has 0 radical (unpaired) electrons. The van der Waals surface area contributed by atoms with Crippen molar-refractivity contribution in [2.24, 2.45) is 0 Å². The van der Waals surface area contributed by atoms with Crippen LogP contribution in [0.1, 0.15) is 30.8 Å². The largest absolute Gasteiger partial charge is 0.372 e. The Labute approximate surface area is 125 Å². The Morgan fingerprint density at radius 2 is 2.10 bits per heavy atom. The second kappa shape index (κ2) is 5.77. The van der Waals surface area contributed by atoms with E-state index in [4.69, 9.17) is 4.74 Å². The van der Waals surface area contributed by atoms with Crippen LogP contribution in [-0.4, -0.2) is 64.3 Å². The molecule has 1 saturated heterocycles. The van der Waals surface area contributed by atoms with E-state index in [1.54, 1.807) is 0 Å². The van der Waals surface area contributed by atoms with Crippen LogP contribution in [0.2, 0.25) is 0 Å². The molecule has 1 fully saturated rings. The van der Waals surface area contributed by atoms with Gasteiger partial charge in [0.2, 0.25) is 5.91 Å². The van der Waals surface area contributed by atoms with Gasteiger partial charge in [0, 0.05) is 43.9 Å². The van der Waals surface area contributed by atoms with Crippen LogP contribution in [0.3, 0.4) is 0 Å². The summed E-state index contributed by atoms with van der Waals surface area (Å²) in [4.78, 5) is 16.7. The minimum absolute atomic E-state index is 0.127. The quantitative estimate of drug-likeness (QED) is 0.872. The zero-order valence-corrected chi connectivity index (χ0v) is 13.1. The number of nitrogens with one attached hydrogen (secondary N) is 1. The molecule has 3 rings (SSSR count). The molecule has 0 spiro atoms. The van der Waals surface area contributed by atoms with Gasteiger partial charge in [0.25, 0.3) is 0 Å². The van der Waals surface area contributed by atoms with Crippen molar-refractivity contribution in [2.75, 3.05) is 26.2 Å². The second-order valence-electron chi connectivity index (χ2n) is 6.29. The van der Waals surface area contributed by atoms with Crippen molar-refractivity contribution < 1.29 is 9.53 Å². The molecule has 1 aromatic rings. The lowest BCUT2D eigenvalue weighted by Crippen LogP contribution is -2.51. The predicted molar refractivity (Wildman–Crippen MR) is 78.9 cm³/mol. The summed E-state index contributed by atoms with van der Waals surface area (Å²) in [7, 11) is 0. The van der Waals surface area contributed by atoms with E-state index >= 15 is 0 Å². The number of ether oxygens (including phenoxy) is 1. The minimum atomic E-state index is 0.127. The molecule has 21 heavy (non-hydrogen) atoms. The van der Waals surface area contributed by atoms with E-state index in [0.717, 1.165) is 30.9 Å². The fourth-order valence-electron chi connectivity index (χ4n) is 3.29. The number of morpholine rings is 1. The van der Waals surface area contributed by atoms with Gasteiger partial charge in [0.1, 0.15) is 0 Å². The predicted octanol–water partition coefficient (Wildman–Crippen LogP) is 0.712. The van der Waals surface area contributed by atoms with Crippen molar-refractivity contribution in [3.63, 3.8) is 0 Å². The van der Waals surface area contributed by atoms with E-state index in [-0.39, 0.29) is 18.1 Å². The van der Waals surface area contributed by atoms with Crippen LogP contribution in [0, 0.1) is 6.92 Å². The normalized spacial score (nSPS) is 26.7. The number of rotatable bonds is 2. The highest BCUT2D eigenvalue weighted by Gasteiger charge is 2.28. The Hall–Kier alpha value is -1.40. The van der Waals surface area contributed by atoms with Gasteiger partial charge in [0.05, 0.1) is 24.4 Å². The Kier molecular flexibility index (Phi) is 3.99. The van der Waals surface area contributed by atoms with Gasteiger partial charge in [-0.2, -0.15) is 5.10 Å². The van der Waals surface area contributed by atoms with Crippen molar-refractivity contribution in [2.45, 2.75) is 45.9 Å². The monoisotopic (exact) mass is 292 g/mol. The Bertz CT molecular complexity index is 518. The van der Waals surface area contributed by atoms with Crippen molar-refractivity contribution in [1.82, 2.24) is 20.0 Å². The highest BCUT2D eigenvalue weighted by atomic mass is 16.5. The molecule has 6 heteroatoms. The fraction of sp³-hybridized carbons (Fsp3) is 0.733. The SMILES string of the molecule is Cc1[nH]nc2c1CN(CC(=O)N1C[C@@H](C)O[C@@H](C)C1)CC2. The summed E-state index contributed by atoms with van der Waals surface area (Å²) in [5, 5.41) is 7.36. The maximum absolute atomic E-state index is 12.5. The number of carbonyl (C=O) groups excluding carboxylic acids is 1. The highest BCUT2D eigenvalue weighted by Crippen LogP contribution is 2.20. The Balaban J connectivity index is 1.60. The maximum atomic E-state index is 12.5. The molecular formula is C15H24N4O2. The molecular weight excluding hydrogens is 268 g/mol. The average Bonchev–Trinajstić information content (AvgIpc) is 2.79. The third-order valence-electron chi connectivity index (χ3n) is 4.34. The minimum Gasteiger partial charge on any atom is -0.372 e. The van der Waals surface area contributed by atoms with Crippen molar-refractivity contribution >= 4 is 5.91 Å². The molecule has 3 heterocycles. The number of H-pyrrole nitrogens is 1. The molecule has 116 valence electrons. The topological polar surface area (TPSA) is 61.5 Å². The maximum Gasteiger partial charge on any atom is 0.236 e. The molecule has 0 aromatic carbocycles. The fourth-order valence-corrected chi connectivity index (χ4v) is 3.29. The lowest BCUT2D eigenvalue weighted by Gasteiger charge is -2.37. The third kappa shape index (κ3) is 3.11. The number of amides is 1. The van der Waals surface area contributed by atoms with Gasteiger partial charge in [-0.1, -0.05) is 0 Å². The Morgan fingerprint density at radius 3 is 2.81 bits per heavy atom. The number of aromatic amines is 1. The van der Waals surface area contributed by atoms with Crippen LogP contribution >= 0.6 is 0 Å². The lowest BCUT2D eigenvalue weighted by atomic mass is 10.1. The molecule has 2 aliphatic heterocycles. The zero-order valence-electron chi connectivity index (χ0n) is 13.1. The Morgan fingerprint density at radius 1 is 1.38 bits per heavy atom. The van der Waals surface area contributed by atoms with Crippen molar-refractivity contribution in [3.05, 3.63) is 17.0 Å². The summed E-state index contributed by atoms with van der Waals surface area (Å²) in [6.45, 7) is 9.71. The number of aryl methyl sites for hydroxylation is 1. The number of nitrogens with zero attached hydrogens (tertiary/aromatic N) is 3. The van der Waals surface area contributed by atoms with E-state index in [2.05, 4.69) is 15.1 Å². The highest BCUT2D eigenvalue weighted by molar-refractivity contribution is 5.78. The lowest BCUT2D eigenvalue weighted by molar-refractivity contribution is -0.144. The van der Waals surface area contributed by atoms with Crippen molar-refractivity contribution in [3.8, 4) is 0 Å². The van der Waals surface area contributed by atoms with E-state index in [1.165, 1.54) is 5.56 Å². The van der Waals surface area contributed by atoms with Gasteiger partial charge in [0.15, 0.2) is 0 Å². The van der Waals surface area contributed by atoms with Crippen LogP contribution in [-0.2, 0) is 22.5 Å². The summed E-state index contributed by atoms with van der Waals surface area (Å²) in [5.41, 5.74) is 3.54. The molecule has 0 bridgehead atoms. The van der Waals surface area contributed by atoms with Crippen LogP contribution in [0.15, 0.2) is 0 Å². The number of hydrogen-bond acceptors (Lipinski definition) is 4. The molecule has 0 unspecified atom stereocenters. The average molecular weight is 292 g/mol. The smallest absolute Gasteiger partial charge is 0.236 e. The summed E-state index contributed by atoms with van der Waals surface area (Å²) >= 11 is 0. The van der Waals surface area contributed by atoms with E-state index in [0.29, 0.717) is 19.6 Å². The molecule has 0 aliphatic carbocycles. The van der Waals surface area contributed by atoms with Gasteiger partial charge < -0.3 is 9.64 Å². The molecule has 1 amide bonds. The third-order valence-corrected chi connectivity index (χ3v) is 4.34. The summed E-state index contributed by atoms with van der Waals surface area (Å²) in [5.74, 6) is 0.210. The first-order valence-electron chi connectivity index (χ1n) is 7.71. The van der Waals surface area contributed by atoms with Gasteiger partial charge in [-0.3, -0.25) is 14.8 Å². The van der Waals surface area contributed by atoms with Gasteiger partial charge in [-0.05, 0) is 20.8 Å². The molecule has 6 nitrogen and oxygen atoms in total. The molecule has 2 atom stereocenters. The van der Waals surface area contributed by atoms with Gasteiger partial charge >= 0.3 is 0 Å². The van der Waals surface area contributed by atoms with E-state index in [9.17, 15) is 4.79 Å². The van der Waals surface area contributed by atoms with E-state index in [1.807, 2.05) is 25.7 Å². The number of hydrogen-bond donors (Lipinski definition) is 1. The first-order valence-corrected chi connectivity index (χ1v) is 7.71. The zero-order chi connectivity index (χ0) is 15.0. The summed E-state index contributed by atoms with van der Waals surface area (Å²) < 4.78 is 5.69. The molecule has 1 aromatic heterocycles. The van der Waals surface area contributed by atoms with Crippen molar-refractivity contribution in [1.29, 1.82) is 0 Å². The van der Waals surface area contributed by atoms with Crippen LogP contribution in [0.5, 0.6) is 0 Å². The van der Waals surface area contributed by atoms with Gasteiger partial charge in [-0.15, -0.1) is 0 Å². The summed E-state index contributed by atoms with van der Waals surface area (Å²) in [6.07, 6.45) is 1.17. The molecule has 0 saturated carbocycles. The number of aromatic nitrogens is 2. The molecule has 2 aliphatic rings. The van der Waals surface area contributed by atoms with Crippen LogP contribution in [0.4, 0.5) is 0 Å². The van der Waals surface area contributed by atoms with Gasteiger partial charge in [-0.25, -0.2) is 0 Å². The van der Waals surface area contributed by atoms with Crippen LogP contribution < -0.4 is 0 Å². The first kappa shape index (κ1) is 14.5. The first-order chi connectivity index (χ1) is 10.0. The van der Waals surface area contributed by atoms with E-state index < -0.39 is 0 Å². The number of fused-ring (bicyclic) bond motifs is 1. The molecule has 1 N–H and O–H groups in total. The summed E-state index contributed by atoms with van der Waals surface area (Å²) in [6, 6.07) is 0. The van der Waals surface area contributed by atoms with Crippen LogP contribution in [0.25, 0.3) is 0 Å². The second-order valence-corrected chi connectivity index (χ2v) is 6.29. The standard InChI is InChI=1S/C15H24N4O2/c1-10-6-19(7-11(2)21-10)15(20)9-18-5-4-14-13(8-18)12(3)16-17-14/h10-11H,4-9H2,1-3H3,(H,16,17)/t10-,11+.